The van der Waals surface area contributed by atoms with Gasteiger partial charge in [0.25, 0.3) is 5.91 Å². The van der Waals surface area contributed by atoms with Crippen LogP contribution in [0, 0.1) is 0 Å². The molecular formula is C20H31NO4. The molecule has 1 rings (SSSR count). The van der Waals surface area contributed by atoms with Crippen molar-refractivity contribution in [3.05, 3.63) is 35.4 Å². The Morgan fingerprint density at radius 2 is 1.84 bits per heavy atom. The molecule has 2 unspecified atom stereocenters. The van der Waals surface area contributed by atoms with E-state index in [4.69, 9.17) is 9.47 Å². The molecule has 0 radical (unpaired) electrons. The fourth-order valence-corrected chi connectivity index (χ4v) is 2.54. The third kappa shape index (κ3) is 6.50. The Labute approximate surface area is 151 Å². The number of ether oxygens (including phenoxy) is 2. The van der Waals surface area contributed by atoms with E-state index in [2.05, 4.69) is 13.8 Å². The lowest BCUT2D eigenvalue weighted by molar-refractivity contribution is -0.151. The molecule has 0 saturated heterocycles. The second-order valence-corrected chi connectivity index (χ2v) is 6.72. The highest BCUT2D eigenvalue weighted by atomic mass is 16.6. The Morgan fingerprint density at radius 1 is 1.16 bits per heavy atom. The van der Waals surface area contributed by atoms with Crippen LogP contribution in [0.1, 0.15) is 62.9 Å². The zero-order valence-electron chi connectivity index (χ0n) is 16.2. The second kappa shape index (κ2) is 10.2. The van der Waals surface area contributed by atoms with Gasteiger partial charge in [0.05, 0.1) is 6.61 Å². The van der Waals surface area contributed by atoms with Gasteiger partial charge in [-0.1, -0.05) is 26.0 Å². The van der Waals surface area contributed by atoms with Crippen molar-refractivity contribution in [3.8, 4) is 0 Å². The standard InChI is InChI=1S/C20H31NO4/c1-7-15(4)17-9-8-10-18(11-17)20(23)21(14(2)3)12-19(22)25-16(5)13-24-6/h8-11,14-16H,7,12-13H2,1-6H3. The summed E-state index contributed by atoms with van der Waals surface area (Å²) in [5.41, 5.74) is 1.73. The maximum atomic E-state index is 12.9. The minimum Gasteiger partial charge on any atom is -0.459 e. The number of hydrogen-bond acceptors (Lipinski definition) is 4. The predicted octanol–water partition coefficient (Wildman–Crippen LogP) is 3.63. The van der Waals surface area contributed by atoms with Crippen LogP contribution < -0.4 is 0 Å². The van der Waals surface area contributed by atoms with Gasteiger partial charge in [-0.3, -0.25) is 9.59 Å². The number of hydrogen-bond donors (Lipinski definition) is 0. The number of carbonyl (C=O) groups is 2. The summed E-state index contributed by atoms with van der Waals surface area (Å²) in [4.78, 5) is 26.6. The fourth-order valence-electron chi connectivity index (χ4n) is 2.54. The smallest absolute Gasteiger partial charge is 0.326 e. The number of nitrogens with zero attached hydrogens (tertiary/aromatic N) is 1. The molecular weight excluding hydrogens is 318 g/mol. The molecule has 140 valence electrons. The van der Waals surface area contributed by atoms with Crippen LogP contribution >= 0.6 is 0 Å². The van der Waals surface area contributed by atoms with Gasteiger partial charge in [0.2, 0.25) is 0 Å². The molecule has 0 N–H and O–H groups in total. The molecule has 0 saturated carbocycles. The van der Waals surface area contributed by atoms with E-state index in [-0.39, 0.29) is 24.6 Å². The van der Waals surface area contributed by atoms with Crippen LogP contribution in [0.3, 0.4) is 0 Å². The van der Waals surface area contributed by atoms with Gasteiger partial charge in [-0.2, -0.15) is 0 Å². The molecule has 1 amide bonds. The van der Waals surface area contributed by atoms with E-state index in [1.807, 2.05) is 32.0 Å². The van der Waals surface area contributed by atoms with Crippen molar-refractivity contribution in [2.24, 2.45) is 0 Å². The molecule has 0 aromatic heterocycles. The zero-order chi connectivity index (χ0) is 19.0. The van der Waals surface area contributed by atoms with Gasteiger partial charge < -0.3 is 14.4 Å². The summed E-state index contributed by atoms with van der Waals surface area (Å²) in [6.45, 7) is 10.1. The molecule has 0 aliphatic carbocycles. The highest BCUT2D eigenvalue weighted by Crippen LogP contribution is 2.20. The van der Waals surface area contributed by atoms with Crippen molar-refractivity contribution >= 4 is 11.9 Å². The quantitative estimate of drug-likeness (QED) is 0.639. The Kier molecular flexibility index (Phi) is 8.62. The van der Waals surface area contributed by atoms with Crippen LogP contribution in [0.4, 0.5) is 0 Å². The number of benzene rings is 1. The van der Waals surface area contributed by atoms with Gasteiger partial charge in [0, 0.05) is 18.7 Å². The number of carbonyl (C=O) groups excluding carboxylic acids is 2. The first kappa shape index (κ1) is 21.2. The first-order chi connectivity index (χ1) is 11.8. The number of rotatable bonds is 9. The molecule has 25 heavy (non-hydrogen) atoms. The topological polar surface area (TPSA) is 55.8 Å². The minimum atomic E-state index is -0.426. The first-order valence-electron chi connectivity index (χ1n) is 8.89. The number of methoxy groups -OCH3 is 1. The third-order valence-corrected chi connectivity index (χ3v) is 4.23. The Hall–Kier alpha value is -1.88. The largest absolute Gasteiger partial charge is 0.459 e. The van der Waals surface area contributed by atoms with Gasteiger partial charge in [0.15, 0.2) is 0 Å². The van der Waals surface area contributed by atoms with E-state index in [0.29, 0.717) is 18.1 Å². The van der Waals surface area contributed by atoms with Crippen molar-refractivity contribution in [2.75, 3.05) is 20.3 Å². The first-order valence-corrected chi connectivity index (χ1v) is 8.89. The predicted molar refractivity (Wildman–Crippen MR) is 98.8 cm³/mol. The van der Waals surface area contributed by atoms with E-state index in [1.165, 1.54) is 4.90 Å². The van der Waals surface area contributed by atoms with E-state index in [0.717, 1.165) is 12.0 Å². The van der Waals surface area contributed by atoms with Crippen molar-refractivity contribution in [1.29, 1.82) is 0 Å². The summed E-state index contributed by atoms with van der Waals surface area (Å²) in [5, 5.41) is 0. The molecule has 5 nitrogen and oxygen atoms in total. The number of amides is 1. The molecule has 0 aliphatic rings. The van der Waals surface area contributed by atoms with Crippen LogP contribution in [0.25, 0.3) is 0 Å². The Balaban J connectivity index is 2.88. The SMILES string of the molecule is CCC(C)c1cccc(C(=O)N(CC(=O)OC(C)COC)C(C)C)c1. The summed E-state index contributed by atoms with van der Waals surface area (Å²) >= 11 is 0. The summed E-state index contributed by atoms with van der Waals surface area (Å²) in [6.07, 6.45) is 0.672. The molecule has 0 fully saturated rings. The van der Waals surface area contributed by atoms with Crippen LogP contribution in [-0.4, -0.2) is 49.2 Å². The second-order valence-electron chi connectivity index (χ2n) is 6.72. The maximum Gasteiger partial charge on any atom is 0.326 e. The van der Waals surface area contributed by atoms with E-state index < -0.39 is 5.97 Å². The molecule has 2 atom stereocenters. The lowest BCUT2D eigenvalue weighted by atomic mass is 9.96. The summed E-state index contributed by atoms with van der Waals surface area (Å²) in [7, 11) is 1.55. The van der Waals surface area contributed by atoms with Gasteiger partial charge >= 0.3 is 5.97 Å². The zero-order valence-corrected chi connectivity index (χ0v) is 16.2. The lowest BCUT2D eigenvalue weighted by Gasteiger charge is -2.27. The molecule has 0 spiro atoms. The average molecular weight is 349 g/mol. The molecule has 5 heteroatoms. The number of esters is 1. The van der Waals surface area contributed by atoms with Crippen molar-refractivity contribution < 1.29 is 19.1 Å². The summed E-state index contributed by atoms with van der Waals surface area (Å²) in [6, 6.07) is 7.54. The van der Waals surface area contributed by atoms with E-state index in [9.17, 15) is 9.59 Å². The fraction of sp³-hybridized carbons (Fsp3) is 0.600. The Bertz CT molecular complexity index is 571. The summed E-state index contributed by atoms with van der Waals surface area (Å²) in [5.74, 6) is -0.193. The van der Waals surface area contributed by atoms with E-state index >= 15 is 0 Å². The molecule has 0 bridgehead atoms. The van der Waals surface area contributed by atoms with Crippen molar-refractivity contribution in [1.82, 2.24) is 4.90 Å². The van der Waals surface area contributed by atoms with Crippen LogP contribution in [0.15, 0.2) is 24.3 Å². The lowest BCUT2D eigenvalue weighted by Crippen LogP contribution is -2.42. The highest BCUT2D eigenvalue weighted by Gasteiger charge is 2.23. The monoisotopic (exact) mass is 349 g/mol. The normalized spacial score (nSPS) is 13.4. The van der Waals surface area contributed by atoms with Crippen LogP contribution in [0.2, 0.25) is 0 Å². The highest BCUT2D eigenvalue weighted by molar-refractivity contribution is 5.96. The van der Waals surface area contributed by atoms with Gasteiger partial charge in [0.1, 0.15) is 12.6 Å². The molecule has 0 aliphatic heterocycles. The van der Waals surface area contributed by atoms with Crippen LogP contribution in [-0.2, 0) is 14.3 Å². The van der Waals surface area contributed by atoms with Crippen LogP contribution in [0.5, 0.6) is 0 Å². The molecule has 0 heterocycles. The minimum absolute atomic E-state index is 0.0713. The average Bonchev–Trinajstić information content (AvgIpc) is 2.58. The van der Waals surface area contributed by atoms with Crippen molar-refractivity contribution in [3.63, 3.8) is 0 Å². The van der Waals surface area contributed by atoms with Crippen molar-refractivity contribution in [2.45, 2.75) is 59.1 Å². The third-order valence-electron chi connectivity index (χ3n) is 4.23. The van der Waals surface area contributed by atoms with E-state index in [1.54, 1.807) is 20.1 Å². The van der Waals surface area contributed by atoms with Gasteiger partial charge in [-0.25, -0.2) is 0 Å². The summed E-state index contributed by atoms with van der Waals surface area (Å²) < 4.78 is 10.2. The van der Waals surface area contributed by atoms with Gasteiger partial charge in [-0.15, -0.1) is 0 Å². The van der Waals surface area contributed by atoms with Gasteiger partial charge in [-0.05, 0) is 50.8 Å². The maximum absolute atomic E-state index is 12.9. The molecule has 1 aromatic carbocycles. The molecule has 1 aromatic rings. The Morgan fingerprint density at radius 3 is 2.40 bits per heavy atom.